The number of nitrogens with two attached hydrogens (primary N) is 1. The van der Waals surface area contributed by atoms with Crippen molar-refractivity contribution in [2.75, 3.05) is 12.9 Å². The van der Waals surface area contributed by atoms with Gasteiger partial charge in [-0.15, -0.1) is 0 Å². The highest BCUT2D eigenvalue weighted by Crippen LogP contribution is 2.57. The van der Waals surface area contributed by atoms with Gasteiger partial charge in [0, 0.05) is 17.9 Å². The lowest BCUT2D eigenvalue weighted by Crippen LogP contribution is -2.82. The summed E-state index contributed by atoms with van der Waals surface area (Å²) in [5.41, 5.74) is 4.49. The van der Waals surface area contributed by atoms with E-state index in [9.17, 15) is 13.2 Å². The molecule has 3 N–H and O–H groups in total. The van der Waals surface area contributed by atoms with Crippen molar-refractivity contribution < 1.29 is 17.9 Å². The Balaban J connectivity index is 2.27. The zero-order valence-corrected chi connectivity index (χ0v) is 11.7. The van der Waals surface area contributed by atoms with E-state index in [1.165, 1.54) is 0 Å². The van der Waals surface area contributed by atoms with E-state index in [1.54, 1.807) is 0 Å². The van der Waals surface area contributed by atoms with E-state index in [-0.39, 0.29) is 12.0 Å². The molecule has 7 heteroatoms. The summed E-state index contributed by atoms with van der Waals surface area (Å²) < 4.78 is 30.0. The number of hydrogen-bond donors (Lipinski definition) is 2. The van der Waals surface area contributed by atoms with Crippen molar-refractivity contribution in [1.29, 1.82) is 0 Å². The van der Waals surface area contributed by atoms with Crippen LogP contribution >= 0.6 is 0 Å². The topological polar surface area (TPSA) is 98.5 Å². The van der Waals surface area contributed by atoms with Gasteiger partial charge in [0.15, 0.2) is 0 Å². The highest BCUT2D eigenvalue weighted by molar-refractivity contribution is 7.89. The van der Waals surface area contributed by atoms with Crippen molar-refractivity contribution in [3.8, 4) is 0 Å². The lowest BCUT2D eigenvalue weighted by atomic mass is 9.46. The molecule has 104 valence electrons. The van der Waals surface area contributed by atoms with Crippen molar-refractivity contribution >= 4 is 15.9 Å². The number of sulfonamides is 1. The summed E-state index contributed by atoms with van der Waals surface area (Å²) in [6.07, 6.45) is 2.53. The summed E-state index contributed by atoms with van der Waals surface area (Å²) in [6, 6.07) is 0. The van der Waals surface area contributed by atoms with Crippen molar-refractivity contribution in [1.82, 2.24) is 4.72 Å². The number of carbonyl (C=O) groups is 1. The van der Waals surface area contributed by atoms with Crippen LogP contribution in [0, 0.1) is 11.3 Å². The Morgan fingerprint density at radius 3 is 2.61 bits per heavy atom. The van der Waals surface area contributed by atoms with Gasteiger partial charge >= 0.3 is 0 Å². The van der Waals surface area contributed by atoms with E-state index in [1.807, 2.05) is 18.6 Å². The van der Waals surface area contributed by atoms with Gasteiger partial charge in [-0.1, -0.05) is 13.8 Å². The second kappa shape index (κ2) is 3.91. The van der Waals surface area contributed by atoms with Crippen LogP contribution in [-0.2, 0) is 19.6 Å². The van der Waals surface area contributed by atoms with Gasteiger partial charge in [-0.05, 0) is 12.8 Å². The van der Waals surface area contributed by atoms with E-state index < -0.39 is 26.9 Å². The SMILES string of the molecule is CC1(C)C2OCCCC2C1(N)C(=O)NS(C)(=O)=O. The number of fused-ring (bicyclic) bond motifs is 1. The molecule has 18 heavy (non-hydrogen) atoms. The summed E-state index contributed by atoms with van der Waals surface area (Å²) in [6.45, 7) is 4.37. The molecule has 0 bridgehead atoms. The molecule has 0 radical (unpaired) electrons. The Hall–Kier alpha value is -0.660. The molecule has 0 aromatic carbocycles. The molecule has 0 aromatic rings. The predicted octanol–water partition coefficient (Wildman–Crippen LogP) is -0.405. The van der Waals surface area contributed by atoms with Crippen LogP contribution in [-0.4, -0.2) is 38.8 Å². The van der Waals surface area contributed by atoms with E-state index in [0.717, 1.165) is 19.1 Å². The van der Waals surface area contributed by atoms with Crippen molar-refractivity contribution in [2.24, 2.45) is 17.1 Å². The lowest BCUT2D eigenvalue weighted by molar-refractivity contribution is -0.224. The molecule has 1 saturated heterocycles. The molecule has 1 aliphatic carbocycles. The van der Waals surface area contributed by atoms with Gasteiger partial charge in [-0.2, -0.15) is 0 Å². The first-order chi connectivity index (χ1) is 8.11. The molecule has 1 aliphatic heterocycles. The third-order valence-electron chi connectivity index (χ3n) is 4.34. The summed E-state index contributed by atoms with van der Waals surface area (Å²) in [4.78, 5) is 12.2. The van der Waals surface area contributed by atoms with Crippen LogP contribution in [0.15, 0.2) is 0 Å². The fourth-order valence-corrected chi connectivity index (χ4v) is 3.80. The van der Waals surface area contributed by atoms with Crippen LogP contribution in [0.25, 0.3) is 0 Å². The molecule has 0 spiro atoms. The average Bonchev–Trinajstić information content (AvgIpc) is 2.25. The van der Waals surface area contributed by atoms with Crippen LogP contribution in [0.1, 0.15) is 26.7 Å². The van der Waals surface area contributed by atoms with E-state index in [4.69, 9.17) is 10.5 Å². The molecule has 0 aromatic heterocycles. The normalized spacial score (nSPS) is 38.4. The standard InChI is InChI=1S/C11H20N2O4S/c1-10(2)8-7(5-4-6-17-8)11(10,12)9(14)13-18(3,15)16/h7-8H,4-6,12H2,1-3H3,(H,13,14). The first-order valence-electron chi connectivity index (χ1n) is 6.03. The quantitative estimate of drug-likeness (QED) is 0.714. The van der Waals surface area contributed by atoms with Gasteiger partial charge in [0.1, 0.15) is 5.54 Å². The fraction of sp³-hybridized carbons (Fsp3) is 0.909. The Morgan fingerprint density at radius 1 is 1.44 bits per heavy atom. The molecular weight excluding hydrogens is 256 g/mol. The van der Waals surface area contributed by atoms with Crippen molar-refractivity contribution in [3.63, 3.8) is 0 Å². The minimum atomic E-state index is -3.59. The number of carbonyl (C=O) groups excluding carboxylic acids is 1. The monoisotopic (exact) mass is 276 g/mol. The molecule has 2 fully saturated rings. The van der Waals surface area contributed by atoms with E-state index in [2.05, 4.69) is 0 Å². The van der Waals surface area contributed by atoms with Crippen LogP contribution in [0.5, 0.6) is 0 Å². The predicted molar refractivity (Wildman–Crippen MR) is 66.1 cm³/mol. The second-order valence-corrected chi connectivity index (χ2v) is 7.58. The molecule has 1 amide bonds. The zero-order valence-electron chi connectivity index (χ0n) is 10.9. The molecule has 6 nitrogen and oxygen atoms in total. The first kappa shape index (κ1) is 13.8. The highest BCUT2D eigenvalue weighted by Gasteiger charge is 2.70. The van der Waals surface area contributed by atoms with Gasteiger partial charge in [0.25, 0.3) is 5.91 Å². The molecule has 3 atom stereocenters. The number of amides is 1. The summed E-state index contributed by atoms with van der Waals surface area (Å²) in [5, 5.41) is 0. The van der Waals surface area contributed by atoms with Crippen LogP contribution in [0.3, 0.4) is 0 Å². The maximum atomic E-state index is 12.2. The number of ether oxygens (including phenoxy) is 1. The Kier molecular flexibility index (Phi) is 2.99. The van der Waals surface area contributed by atoms with E-state index in [0.29, 0.717) is 6.61 Å². The van der Waals surface area contributed by atoms with Crippen molar-refractivity contribution in [3.05, 3.63) is 0 Å². The molecule has 2 rings (SSSR count). The van der Waals surface area contributed by atoms with E-state index >= 15 is 0 Å². The van der Waals surface area contributed by atoms with Crippen molar-refractivity contribution in [2.45, 2.75) is 38.3 Å². The first-order valence-corrected chi connectivity index (χ1v) is 7.92. The molecule has 1 heterocycles. The van der Waals surface area contributed by atoms with Crippen LogP contribution < -0.4 is 10.5 Å². The summed E-state index contributed by atoms with van der Waals surface area (Å²) in [5.74, 6) is -0.732. The maximum Gasteiger partial charge on any atom is 0.254 e. The van der Waals surface area contributed by atoms with Gasteiger partial charge in [0.05, 0.1) is 12.4 Å². The Labute approximate surface area is 107 Å². The molecular formula is C11H20N2O4S. The Morgan fingerprint density at radius 2 is 2.06 bits per heavy atom. The number of hydrogen-bond acceptors (Lipinski definition) is 5. The third-order valence-corrected chi connectivity index (χ3v) is 4.89. The summed E-state index contributed by atoms with van der Waals surface area (Å²) in [7, 11) is -3.59. The number of rotatable bonds is 2. The molecule has 1 saturated carbocycles. The lowest BCUT2D eigenvalue weighted by Gasteiger charge is -2.64. The smallest absolute Gasteiger partial charge is 0.254 e. The van der Waals surface area contributed by atoms with Gasteiger partial charge < -0.3 is 10.5 Å². The molecule has 2 aliphatic rings. The highest BCUT2D eigenvalue weighted by atomic mass is 32.2. The summed E-state index contributed by atoms with van der Waals surface area (Å²) >= 11 is 0. The van der Waals surface area contributed by atoms with Gasteiger partial charge in [0.2, 0.25) is 10.0 Å². The van der Waals surface area contributed by atoms with Crippen LogP contribution in [0.4, 0.5) is 0 Å². The van der Waals surface area contributed by atoms with Crippen LogP contribution in [0.2, 0.25) is 0 Å². The number of nitrogens with one attached hydrogen (secondary N) is 1. The van der Waals surface area contributed by atoms with Gasteiger partial charge in [-0.3, -0.25) is 9.52 Å². The fourth-order valence-electron chi connectivity index (χ4n) is 3.29. The van der Waals surface area contributed by atoms with Gasteiger partial charge in [-0.25, -0.2) is 8.42 Å². The minimum Gasteiger partial charge on any atom is -0.377 e. The average molecular weight is 276 g/mol. The zero-order chi connectivity index (χ0) is 13.8. The Bertz CT molecular complexity index is 473. The third kappa shape index (κ3) is 1.76. The largest absolute Gasteiger partial charge is 0.377 e. The maximum absolute atomic E-state index is 12.2. The molecule has 3 unspecified atom stereocenters. The second-order valence-electron chi connectivity index (χ2n) is 5.83. The minimum absolute atomic E-state index is 0.0680.